The fourth-order valence-electron chi connectivity index (χ4n) is 3.66. The van der Waals surface area contributed by atoms with Crippen molar-refractivity contribution in [2.45, 2.75) is 31.0 Å². The van der Waals surface area contributed by atoms with Crippen LogP contribution in [-0.2, 0) is 24.3 Å². The third-order valence-corrected chi connectivity index (χ3v) is 7.21. The van der Waals surface area contributed by atoms with Gasteiger partial charge >= 0.3 is 5.97 Å². The first kappa shape index (κ1) is 25.7. The van der Waals surface area contributed by atoms with Crippen LogP contribution in [0.3, 0.4) is 0 Å². The van der Waals surface area contributed by atoms with Crippen LogP contribution in [0.2, 0.25) is 5.02 Å². The zero-order valence-electron chi connectivity index (χ0n) is 19.0. The molecule has 0 unspecified atom stereocenters. The van der Waals surface area contributed by atoms with Gasteiger partial charge < -0.3 is 14.4 Å². The number of halogens is 1. The number of hydrogen-bond acceptors (Lipinski definition) is 6. The minimum atomic E-state index is -4.02. The van der Waals surface area contributed by atoms with E-state index in [1.165, 1.54) is 30.3 Å². The van der Waals surface area contributed by atoms with Crippen molar-refractivity contribution in [3.63, 3.8) is 0 Å². The molecular weight excluding hydrogens is 480 g/mol. The average Bonchev–Trinajstić information content (AvgIpc) is 2.81. The average molecular weight is 507 g/mol. The summed E-state index contributed by atoms with van der Waals surface area (Å²) in [5.41, 5.74) is 0.420. The Morgan fingerprint density at radius 3 is 2.44 bits per heavy atom. The number of nitrogens with zero attached hydrogens (tertiary/aromatic N) is 2. The minimum absolute atomic E-state index is 0.0174. The summed E-state index contributed by atoms with van der Waals surface area (Å²) in [6.45, 7) is 7.78. The maximum atomic E-state index is 13.3. The second-order valence-corrected chi connectivity index (χ2v) is 10.3. The summed E-state index contributed by atoms with van der Waals surface area (Å²) in [6.07, 6.45) is 1.25. The predicted molar refractivity (Wildman–Crippen MR) is 129 cm³/mol. The highest BCUT2D eigenvalue weighted by atomic mass is 35.5. The van der Waals surface area contributed by atoms with Gasteiger partial charge in [0.1, 0.15) is 0 Å². The molecule has 1 amide bonds. The number of esters is 1. The Morgan fingerprint density at radius 2 is 1.82 bits per heavy atom. The summed E-state index contributed by atoms with van der Waals surface area (Å²) < 4.78 is 38.6. The van der Waals surface area contributed by atoms with Crippen molar-refractivity contribution in [3.05, 3.63) is 71.8 Å². The molecule has 0 radical (unpaired) electrons. The molecule has 2 aromatic rings. The molecule has 0 aromatic heterocycles. The number of amides is 1. The van der Waals surface area contributed by atoms with E-state index in [4.69, 9.17) is 21.1 Å². The molecule has 34 heavy (non-hydrogen) atoms. The maximum absolute atomic E-state index is 13.3. The summed E-state index contributed by atoms with van der Waals surface area (Å²) in [6, 6.07) is 11.8. The van der Waals surface area contributed by atoms with Gasteiger partial charge in [0.2, 0.25) is 0 Å². The van der Waals surface area contributed by atoms with Crippen LogP contribution in [0.15, 0.2) is 66.1 Å². The van der Waals surface area contributed by atoms with E-state index in [1.54, 1.807) is 29.2 Å². The topological polar surface area (TPSA) is 93.2 Å². The highest BCUT2D eigenvalue weighted by molar-refractivity contribution is 7.92. The molecule has 0 aliphatic carbocycles. The monoisotopic (exact) mass is 506 g/mol. The van der Waals surface area contributed by atoms with Gasteiger partial charge in [-0.2, -0.15) is 0 Å². The molecule has 10 heteroatoms. The third kappa shape index (κ3) is 6.16. The first-order chi connectivity index (χ1) is 16.1. The zero-order valence-corrected chi connectivity index (χ0v) is 20.6. The van der Waals surface area contributed by atoms with E-state index in [0.29, 0.717) is 23.8 Å². The zero-order chi connectivity index (χ0) is 24.9. The molecule has 0 bridgehead atoms. The van der Waals surface area contributed by atoms with Gasteiger partial charge in [-0.25, -0.2) is 13.2 Å². The number of anilines is 1. The Kier molecular flexibility index (Phi) is 8.35. The molecule has 1 saturated heterocycles. The Morgan fingerprint density at radius 1 is 1.18 bits per heavy atom. The molecule has 1 heterocycles. The number of ether oxygens (including phenoxy) is 2. The van der Waals surface area contributed by atoms with Gasteiger partial charge in [-0.05, 0) is 56.3 Å². The van der Waals surface area contributed by atoms with E-state index in [2.05, 4.69) is 6.58 Å². The lowest BCUT2D eigenvalue weighted by molar-refractivity contribution is -0.146. The van der Waals surface area contributed by atoms with Crippen molar-refractivity contribution in [2.24, 2.45) is 0 Å². The number of carbonyl (C=O) groups excluding carboxylic acids is 2. The van der Waals surface area contributed by atoms with E-state index in [-0.39, 0.29) is 35.1 Å². The van der Waals surface area contributed by atoms with Crippen LogP contribution in [0, 0.1) is 0 Å². The Balaban J connectivity index is 1.74. The first-order valence-corrected chi connectivity index (χ1v) is 12.5. The molecule has 182 valence electrons. The molecule has 2 atom stereocenters. The lowest BCUT2D eigenvalue weighted by Crippen LogP contribution is -2.49. The molecule has 3 rings (SSSR count). The van der Waals surface area contributed by atoms with E-state index >= 15 is 0 Å². The Hall–Kier alpha value is -2.88. The van der Waals surface area contributed by atoms with E-state index in [9.17, 15) is 18.0 Å². The van der Waals surface area contributed by atoms with Crippen molar-refractivity contribution in [1.29, 1.82) is 0 Å². The van der Waals surface area contributed by atoms with Crippen LogP contribution in [0.25, 0.3) is 0 Å². The molecule has 1 aliphatic heterocycles. The molecule has 2 aromatic carbocycles. The van der Waals surface area contributed by atoms with Gasteiger partial charge in [0.05, 0.1) is 34.9 Å². The van der Waals surface area contributed by atoms with Gasteiger partial charge in [0.15, 0.2) is 6.61 Å². The number of morpholine rings is 1. The summed E-state index contributed by atoms with van der Waals surface area (Å²) in [5, 5.41) is 0.472. The van der Waals surface area contributed by atoms with Crippen LogP contribution in [-0.4, -0.2) is 63.6 Å². The fourth-order valence-corrected chi connectivity index (χ4v) is 5.27. The lowest BCUT2D eigenvalue weighted by Gasteiger charge is -2.35. The second kappa shape index (κ2) is 11.0. The van der Waals surface area contributed by atoms with Crippen molar-refractivity contribution in [2.75, 3.05) is 30.5 Å². The smallest absolute Gasteiger partial charge is 0.338 e. The second-order valence-electron chi connectivity index (χ2n) is 7.96. The van der Waals surface area contributed by atoms with Crippen LogP contribution >= 0.6 is 11.6 Å². The van der Waals surface area contributed by atoms with Crippen molar-refractivity contribution in [1.82, 2.24) is 4.90 Å². The molecule has 8 nitrogen and oxygen atoms in total. The summed E-state index contributed by atoms with van der Waals surface area (Å²) in [7, 11) is -4.02. The number of benzene rings is 2. The molecular formula is C24H27ClN2O6S. The summed E-state index contributed by atoms with van der Waals surface area (Å²) in [4.78, 5) is 26.5. The number of rotatable bonds is 8. The van der Waals surface area contributed by atoms with Gasteiger partial charge in [-0.15, -0.1) is 6.58 Å². The van der Waals surface area contributed by atoms with Crippen LogP contribution in [0.1, 0.15) is 24.2 Å². The van der Waals surface area contributed by atoms with Crippen molar-refractivity contribution < 1.29 is 27.5 Å². The Bertz CT molecular complexity index is 1140. The lowest BCUT2D eigenvalue weighted by atomic mass is 10.2. The van der Waals surface area contributed by atoms with Crippen LogP contribution in [0.5, 0.6) is 0 Å². The summed E-state index contributed by atoms with van der Waals surface area (Å²) in [5.74, 6) is -1.12. The van der Waals surface area contributed by atoms with Gasteiger partial charge in [-0.1, -0.05) is 23.7 Å². The van der Waals surface area contributed by atoms with Crippen LogP contribution in [0.4, 0.5) is 5.69 Å². The van der Waals surface area contributed by atoms with E-state index < -0.39 is 22.6 Å². The SMILES string of the molecule is C=CCN(c1ccc(Cl)cc1)S(=O)(=O)c1cccc(C(=O)OCC(=O)N2C[C@@H](C)O[C@H](C)C2)c1. The van der Waals surface area contributed by atoms with Crippen LogP contribution < -0.4 is 4.31 Å². The number of hydrogen-bond donors (Lipinski definition) is 0. The van der Waals surface area contributed by atoms with E-state index in [0.717, 1.165) is 4.31 Å². The molecule has 0 spiro atoms. The third-order valence-electron chi connectivity index (χ3n) is 5.17. The van der Waals surface area contributed by atoms with E-state index in [1.807, 2.05) is 13.8 Å². The van der Waals surface area contributed by atoms with Crippen molar-refractivity contribution in [3.8, 4) is 0 Å². The molecule has 0 saturated carbocycles. The number of carbonyl (C=O) groups is 2. The molecule has 1 aliphatic rings. The fraction of sp³-hybridized carbons (Fsp3) is 0.333. The maximum Gasteiger partial charge on any atom is 0.338 e. The largest absolute Gasteiger partial charge is 0.452 e. The van der Waals surface area contributed by atoms with Crippen molar-refractivity contribution >= 4 is 39.2 Å². The van der Waals surface area contributed by atoms with Gasteiger partial charge in [0.25, 0.3) is 15.9 Å². The highest BCUT2D eigenvalue weighted by Gasteiger charge is 2.28. The first-order valence-electron chi connectivity index (χ1n) is 10.7. The molecule has 1 fully saturated rings. The van der Waals surface area contributed by atoms with Gasteiger partial charge in [-0.3, -0.25) is 9.10 Å². The standard InChI is InChI=1S/C24H27ClN2O6S/c1-4-12-27(21-10-8-20(25)9-11-21)34(30,31)22-7-5-6-19(13-22)24(29)32-16-23(28)26-14-17(2)33-18(3)15-26/h4-11,13,17-18H,1,12,14-16H2,2-3H3/t17-,18-/m1/s1. The minimum Gasteiger partial charge on any atom is -0.452 e. The van der Waals surface area contributed by atoms with Gasteiger partial charge in [0, 0.05) is 18.1 Å². The summed E-state index contributed by atoms with van der Waals surface area (Å²) >= 11 is 5.92. The number of sulfonamides is 1. The quantitative estimate of drug-likeness (QED) is 0.402. The normalized spacial score (nSPS) is 18.3. The Labute approximate surface area is 204 Å². The highest BCUT2D eigenvalue weighted by Crippen LogP contribution is 2.26. The molecule has 0 N–H and O–H groups in total. The predicted octanol–water partition coefficient (Wildman–Crippen LogP) is 3.51.